The fourth-order valence-electron chi connectivity index (χ4n) is 4.52. The second-order valence-electron chi connectivity index (χ2n) is 9.37. The maximum Gasteiger partial charge on any atom is 0.309 e. The van der Waals surface area contributed by atoms with Gasteiger partial charge in [-0.3, -0.25) is 9.59 Å². The topological polar surface area (TPSA) is 109 Å². The number of hydrogen-bond acceptors (Lipinski definition) is 5. The van der Waals surface area contributed by atoms with E-state index in [9.17, 15) is 20.0 Å². The first-order chi connectivity index (χ1) is 19.9. The second kappa shape index (κ2) is 13.6. The van der Waals surface area contributed by atoms with Crippen LogP contribution in [-0.2, 0) is 11.2 Å². The molecule has 0 aliphatic carbocycles. The molecule has 0 aromatic heterocycles. The first-order valence-corrected chi connectivity index (χ1v) is 13.0. The van der Waals surface area contributed by atoms with E-state index in [1.165, 1.54) is 0 Å². The van der Waals surface area contributed by atoms with Gasteiger partial charge < -0.3 is 19.9 Å². The van der Waals surface area contributed by atoms with Gasteiger partial charge in [0.1, 0.15) is 11.5 Å². The molecule has 0 unspecified atom stereocenters. The van der Waals surface area contributed by atoms with Gasteiger partial charge in [0.15, 0.2) is 0 Å². The molecule has 1 amide bonds. The third-order valence-corrected chi connectivity index (χ3v) is 6.72. The van der Waals surface area contributed by atoms with E-state index in [0.29, 0.717) is 28.2 Å². The molecule has 0 saturated carbocycles. The molecule has 0 spiro atoms. The van der Waals surface area contributed by atoms with E-state index in [1.54, 1.807) is 68.8 Å². The molecule has 0 radical (unpaired) electrons. The monoisotopic (exact) mass is 546 g/mol. The molecule has 0 heterocycles. The van der Waals surface area contributed by atoms with Gasteiger partial charge in [-0.25, -0.2) is 0 Å². The summed E-state index contributed by atoms with van der Waals surface area (Å²) in [6.45, 7) is 0. The van der Waals surface area contributed by atoms with Gasteiger partial charge in [-0.2, -0.15) is 5.26 Å². The number of rotatable bonds is 11. The Morgan fingerprint density at radius 1 is 0.927 bits per heavy atom. The summed E-state index contributed by atoms with van der Waals surface area (Å²) >= 11 is 0. The molecule has 0 aliphatic rings. The van der Waals surface area contributed by atoms with Gasteiger partial charge in [0.05, 0.1) is 37.8 Å². The number of hydrogen-bond donors (Lipinski definition) is 2. The Balaban J connectivity index is 1.60. The molecular formula is C34H30N2O5. The molecule has 0 bridgehead atoms. The molecule has 0 aliphatic heterocycles. The number of methoxy groups -OCH3 is 2. The summed E-state index contributed by atoms with van der Waals surface area (Å²) in [5.41, 5.74) is 4.09. The fraction of sp³-hybridized carbons (Fsp3) is 0.147. The molecule has 7 nitrogen and oxygen atoms in total. The second-order valence-corrected chi connectivity index (χ2v) is 9.37. The minimum atomic E-state index is -1.06. The van der Waals surface area contributed by atoms with Crippen LogP contribution in [0.25, 0.3) is 17.2 Å². The molecule has 4 rings (SSSR count). The van der Waals surface area contributed by atoms with Crippen molar-refractivity contribution >= 4 is 18.0 Å². The molecule has 2 atom stereocenters. The smallest absolute Gasteiger partial charge is 0.309 e. The largest absolute Gasteiger partial charge is 0.497 e. The lowest BCUT2D eigenvalue weighted by Gasteiger charge is -2.23. The number of carbonyl (C=O) groups is 2. The van der Waals surface area contributed by atoms with Crippen LogP contribution >= 0.6 is 0 Å². The van der Waals surface area contributed by atoms with Crippen LogP contribution in [0.2, 0.25) is 0 Å². The maximum atomic E-state index is 13.4. The van der Waals surface area contributed by atoms with E-state index >= 15 is 0 Å². The number of nitriles is 1. The van der Waals surface area contributed by atoms with E-state index in [0.717, 1.165) is 16.7 Å². The Morgan fingerprint density at radius 3 is 2.34 bits per heavy atom. The minimum Gasteiger partial charge on any atom is -0.497 e. The summed E-state index contributed by atoms with van der Waals surface area (Å²) in [5.74, 6) is -1.13. The van der Waals surface area contributed by atoms with Crippen molar-refractivity contribution in [1.82, 2.24) is 5.32 Å². The number of ether oxygens (including phenoxy) is 2. The Morgan fingerprint density at radius 2 is 1.68 bits per heavy atom. The van der Waals surface area contributed by atoms with E-state index in [-0.39, 0.29) is 6.42 Å². The third-order valence-electron chi connectivity index (χ3n) is 6.72. The molecular weight excluding hydrogens is 516 g/mol. The SMILES string of the molecule is COc1ccc(-c2ccc(C(=O)N[C@H](/C=C/c3ccccc3)[C@@H](Cc3cccc(C#N)c3)C(=O)O)cc2)c(OC)c1. The number of carboxylic acids is 1. The van der Waals surface area contributed by atoms with E-state index in [4.69, 9.17) is 9.47 Å². The number of nitrogens with one attached hydrogen (secondary N) is 1. The van der Waals surface area contributed by atoms with Crippen molar-refractivity contribution < 1.29 is 24.2 Å². The fourth-order valence-corrected chi connectivity index (χ4v) is 4.52. The van der Waals surface area contributed by atoms with Gasteiger partial charge in [-0.1, -0.05) is 66.7 Å². The molecule has 0 saturated heterocycles. The Labute approximate surface area is 239 Å². The molecule has 4 aromatic carbocycles. The lowest BCUT2D eigenvalue weighted by molar-refractivity contribution is -0.142. The van der Waals surface area contributed by atoms with Gasteiger partial charge in [0.25, 0.3) is 5.91 Å². The quantitative estimate of drug-likeness (QED) is 0.239. The summed E-state index contributed by atoms with van der Waals surface area (Å²) < 4.78 is 10.8. The number of carboxylic acid groups (broad SMARTS) is 1. The first-order valence-electron chi connectivity index (χ1n) is 13.0. The highest BCUT2D eigenvalue weighted by Crippen LogP contribution is 2.33. The summed E-state index contributed by atoms with van der Waals surface area (Å²) in [5, 5.41) is 22.4. The lowest BCUT2D eigenvalue weighted by atomic mass is 9.90. The molecule has 4 aromatic rings. The summed E-state index contributed by atoms with van der Waals surface area (Å²) in [4.78, 5) is 25.8. The zero-order chi connectivity index (χ0) is 29.2. The number of aliphatic carboxylic acids is 1. The maximum absolute atomic E-state index is 13.4. The third kappa shape index (κ3) is 7.40. The first kappa shape index (κ1) is 28.7. The number of carbonyl (C=O) groups excluding carboxylic acids is 1. The van der Waals surface area contributed by atoms with Crippen LogP contribution in [0.5, 0.6) is 11.5 Å². The minimum absolute atomic E-state index is 0.130. The van der Waals surface area contributed by atoms with Crippen LogP contribution in [0.4, 0.5) is 0 Å². The van der Waals surface area contributed by atoms with Crippen molar-refractivity contribution in [3.05, 3.63) is 125 Å². The summed E-state index contributed by atoms with van der Waals surface area (Å²) in [6, 6.07) is 30.1. The van der Waals surface area contributed by atoms with Gasteiger partial charge >= 0.3 is 5.97 Å². The highest BCUT2D eigenvalue weighted by Gasteiger charge is 2.28. The Bertz CT molecular complexity index is 1570. The standard InChI is InChI=1S/C34H30N2O5/c1-40-28-16-17-29(32(21-28)41-2)26-12-14-27(15-13-26)33(37)36-31(18-11-23-7-4-3-5-8-23)30(34(38)39)20-24-9-6-10-25(19-24)22-35/h3-19,21,30-31H,20H2,1-2H3,(H,36,37)(H,38,39)/b18-11+/t30-,31-/m1/s1. The van der Waals surface area contributed by atoms with Crippen LogP contribution in [0, 0.1) is 17.2 Å². The van der Waals surface area contributed by atoms with Gasteiger partial charge in [-0.15, -0.1) is 0 Å². The Hall–Kier alpha value is -5.35. The average Bonchev–Trinajstić information content (AvgIpc) is 3.02. The van der Waals surface area contributed by atoms with E-state index in [1.807, 2.05) is 54.6 Å². The lowest BCUT2D eigenvalue weighted by Crippen LogP contribution is -2.43. The van der Waals surface area contributed by atoms with Crippen molar-refractivity contribution in [1.29, 1.82) is 5.26 Å². The van der Waals surface area contributed by atoms with Crippen LogP contribution < -0.4 is 14.8 Å². The van der Waals surface area contributed by atoms with E-state index in [2.05, 4.69) is 11.4 Å². The zero-order valence-electron chi connectivity index (χ0n) is 22.8. The van der Waals surface area contributed by atoms with Crippen molar-refractivity contribution in [3.8, 4) is 28.7 Å². The number of amides is 1. The number of nitrogens with zero attached hydrogens (tertiary/aromatic N) is 1. The van der Waals surface area contributed by atoms with Crippen LogP contribution in [-0.4, -0.2) is 37.2 Å². The van der Waals surface area contributed by atoms with Crippen molar-refractivity contribution in [3.63, 3.8) is 0 Å². The predicted octanol–water partition coefficient (Wildman–Crippen LogP) is 6.00. The molecule has 7 heteroatoms. The van der Waals surface area contributed by atoms with Crippen molar-refractivity contribution in [2.24, 2.45) is 5.92 Å². The normalized spacial score (nSPS) is 12.2. The molecule has 0 fully saturated rings. The zero-order valence-corrected chi connectivity index (χ0v) is 22.8. The molecule has 206 valence electrons. The van der Waals surface area contributed by atoms with Crippen molar-refractivity contribution in [2.75, 3.05) is 14.2 Å². The van der Waals surface area contributed by atoms with Crippen LogP contribution in [0.1, 0.15) is 27.0 Å². The average molecular weight is 547 g/mol. The van der Waals surface area contributed by atoms with Crippen LogP contribution in [0.3, 0.4) is 0 Å². The van der Waals surface area contributed by atoms with Crippen molar-refractivity contribution in [2.45, 2.75) is 12.5 Å². The van der Waals surface area contributed by atoms with Crippen LogP contribution in [0.15, 0.2) is 103 Å². The molecule has 41 heavy (non-hydrogen) atoms. The van der Waals surface area contributed by atoms with Gasteiger partial charge in [0, 0.05) is 17.2 Å². The van der Waals surface area contributed by atoms with Gasteiger partial charge in [0.2, 0.25) is 0 Å². The van der Waals surface area contributed by atoms with Gasteiger partial charge in [-0.05, 0) is 59.5 Å². The number of benzene rings is 4. The summed E-state index contributed by atoms with van der Waals surface area (Å²) in [6.07, 6.45) is 3.63. The Kier molecular flexibility index (Phi) is 9.53. The highest BCUT2D eigenvalue weighted by atomic mass is 16.5. The molecule has 2 N–H and O–H groups in total. The van der Waals surface area contributed by atoms with E-state index < -0.39 is 23.8 Å². The summed E-state index contributed by atoms with van der Waals surface area (Å²) in [7, 11) is 3.17. The predicted molar refractivity (Wildman–Crippen MR) is 158 cm³/mol. The highest BCUT2D eigenvalue weighted by molar-refractivity contribution is 5.95.